The summed E-state index contributed by atoms with van der Waals surface area (Å²) in [6, 6.07) is 9.06. The Balaban J connectivity index is 1.61. The molecule has 166 valence electrons. The van der Waals surface area contributed by atoms with Crippen molar-refractivity contribution in [2.45, 2.75) is 24.7 Å². The average Bonchev–Trinajstić information content (AvgIpc) is 2.79. The highest BCUT2D eigenvalue weighted by molar-refractivity contribution is 7.89. The van der Waals surface area contributed by atoms with E-state index in [1.165, 1.54) is 35.7 Å². The fourth-order valence-electron chi connectivity index (χ4n) is 3.37. The highest BCUT2D eigenvalue weighted by Gasteiger charge is 2.32. The first-order chi connectivity index (χ1) is 14.9. The first-order valence-corrected chi connectivity index (χ1v) is 11.4. The molecule has 0 radical (unpaired) electrons. The van der Waals surface area contributed by atoms with Gasteiger partial charge in [0.15, 0.2) is 0 Å². The molecule has 1 aliphatic heterocycles. The fraction of sp³-hybridized carbons (Fsp3) is 0.381. The van der Waals surface area contributed by atoms with Crippen LogP contribution in [0.4, 0.5) is 5.69 Å². The van der Waals surface area contributed by atoms with Crippen LogP contribution < -0.4 is 10.1 Å². The van der Waals surface area contributed by atoms with Gasteiger partial charge < -0.3 is 14.8 Å². The van der Waals surface area contributed by atoms with Gasteiger partial charge in [0.25, 0.3) is 0 Å². The standard InChI is InChI=1S/C21H25N3O6S/c1-3-30-21(26)16-6-8-17(9-7-16)31(27,28)24-13-10-15(11-14-24)19(25)23-18-5-4-12-22-20(18)29-2/h4-9,12,15H,3,10-11,13-14H2,1-2H3,(H,23,25). The summed E-state index contributed by atoms with van der Waals surface area (Å²) in [5, 5.41) is 2.81. The van der Waals surface area contributed by atoms with E-state index in [4.69, 9.17) is 9.47 Å². The van der Waals surface area contributed by atoms with Gasteiger partial charge in [-0.1, -0.05) is 0 Å². The smallest absolute Gasteiger partial charge is 0.338 e. The van der Waals surface area contributed by atoms with Gasteiger partial charge in [-0.3, -0.25) is 4.79 Å². The number of methoxy groups -OCH3 is 1. The monoisotopic (exact) mass is 447 g/mol. The summed E-state index contributed by atoms with van der Waals surface area (Å²) in [5.74, 6) is -0.685. The number of piperidine rings is 1. The van der Waals surface area contributed by atoms with Crippen LogP contribution in [0.25, 0.3) is 0 Å². The van der Waals surface area contributed by atoms with Gasteiger partial charge in [0.1, 0.15) is 5.69 Å². The van der Waals surface area contributed by atoms with E-state index in [1.807, 2.05) is 0 Å². The Labute approximate surface area is 181 Å². The van der Waals surface area contributed by atoms with Gasteiger partial charge in [-0.05, 0) is 56.2 Å². The van der Waals surface area contributed by atoms with E-state index < -0.39 is 16.0 Å². The topological polar surface area (TPSA) is 115 Å². The van der Waals surface area contributed by atoms with Gasteiger partial charge >= 0.3 is 5.97 Å². The third kappa shape index (κ3) is 5.20. The molecule has 31 heavy (non-hydrogen) atoms. The zero-order chi connectivity index (χ0) is 22.4. The van der Waals surface area contributed by atoms with Crippen LogP contribution in [0, 0.1) is 5.92 Å². The average molecular weight is 448 g/mol. The molecule has 1 aromatic carbocycles. The molecule has 2 heterocycles. The molecule has 1 saturated heterocycles. The summed E-state index contributed by atoms with van der Waals surface area (Å²) >= 11 is 0. The van der Waals surface area contributed by atoms with Crippen molar-refractivity contribution in [3.05, 3.63) is 48.2 Å². The van der Waals surface area contributed by atoms with Crippen molar-refractivity contribution in [3.8, 4) is 5.88 Å². The number of pyridine rings is 1. The Morgan fingerprint density at radius 1 is 1.16 bits per heavy atom. The van der Waals surface area contributed by atoms with Crippen LogP contribution in [0.5, 0.6) is 5.88 Å². The third-order valence-electron chi connectivity index (χ3n) is 5.05. The van der Waals surface area contributed by atoms with Gasteiger partial charge in [0, 0.05) is 25.2 Å². The van der Waals surface area contributed by atoms with E-state index in [1.54, 1.807) is 25.3 Å². The molecule has 1 amide bonds. The molecule has 10 heteroatoms. The van der Waals surface area contributed by atoms with Crippen molar-refractivity contribution in [3.63, 3.8) is 0 Å². The first-order valence-electron chi connectivity index (χ1n) is 9.94. The lowest BCUT2D eigenvalue weighted by atomic mass is 9.97. The highest BCUT2D eigenvalue weighted by atomic mass is 32.2. The summed E-state index contributed by atoms with van der Waals surface area (Å²) in [4.78, 5) is 28.5. The first kappa shape index (κ1) is 22.7. The zero-order valence-electron chi connectivity index (χ0n) is 17.4. The number of rotatable bonds is 7. The summed E-state index contributed by atoms with van der Waals surface area (Å²) < 4.78 is 37.3. The highest BCUT2D eigenvalue weighted by Crippen LogP contribution is 2.27. The minimum Gasteiger partial charge on any atom is -0.480 e. The molecule has 0 saturated carbocycles. The molecule has 1 aliphatic rings. The molecule has 0 atom stereocenters. The van der Waals surface area contributed by atoms with Crippen molar-refractivity contribution in [1.82, 2.24) is 9.29 Å². The number of carbonyl (C=O) groups is 2. The Morgan fingerprint density at radius 2 is 1.84 bits per heavy atom. The number of anilines is 1. The molecule has 2 aromatic rings. The van der Waals surface area contributed by atoms with Crippen molar-refractivity contribution < 1.29 is 27.5 Å². The number of aromatic nitrogens is 1. The predicted molar refractivity (Wildman–Crippen MR) is 113 cm³/mol. The molecule has 1 aromatic heterocycles. The van der Waals surface area contributed by atoms with Crippen LogP contribution in [0.2, 0.25) is 0 Å². The van der Waals surface area contributed by atoms with Crippen molar-refractivity contribution in [1.29, 1.82) is 0 Å². The summed E-state index contributed by atoms with van der Waals surface area (Å²) in [5.41, 5.74) is 0.772. The van der Waals surface area contributed by atoms with E-state index in [2.05, 4.69) is 10.3 Å². The molecular formula is C21H25N3O6S. The molecule has 0 bridgehead atoms. The van der Waals surface area contributed by atoms with E-state index in [0.717, 1.165) is 0 Å². The minimum absolute atomic E-state index is 0.101. The number of nitrogens with zero attached hydrogens (tertiary/aromatic N) is 2. The van der Waals surface area contributed by atoms with Gasteiger partial charge in [-0.2, -0.15) is 4.31 Å². The molecule has 1 fully saturated rings. The molecule has 9 nitrogen and oxygen atoms in total. The number of sulfonamides is 1. The molecule has 0 unspecified atom stereocenters. The van der Waals surface area contributed by atoms with Crippen molar-refractivity contribution in [2.24, 2.45) is 5.92 Å². The SMILES string of the molecule is CCOC(=O)c1ccc(S(=O)(=O)N2CCC(C(=O)Nc3cccnc3OC)CC2)cc1. The normalized spacial score (nSPS) is 15.3. The number of carbonyl (C=O) groups excluding carboxylic acids is 2. The summed E-state index contributed by atoms with van der Waals surface area (Å²) in [6.07, 6.45) is 2.36. The Bertz CT molecular complexity index is 1030. The quantitative estimate of drug-likeness (QED) is 0.648. The Kier molecular flexibility index (Phi) is 7.24. The van der Waals surface area contributed by atoms with Crippen LogP contribution in [0.15, 0.2) is 47.5 Å². The largest absolute Gasteiger partial charge is 0.480 e. The van der Waals surface area contributed by atoms with E-state index in [-0.39, 0.29) is 36.4 Å². The second-order valence-corrected chi connectivity index (χ2v) is 8.91. The lowest BCUT2D eigenvalue weighted by Crippen LogP contribution is -2.41. The van der Waals surface area contributed by atoms with Gasteiger partial charge in [0.05, 0.1) is 24.2 Å². The van der Waals surface area contributed by atoms with Crippen molar-refractivity contribution >= 4 is 27.6 Å². The Hall–Kier alpha value is -2.98. The van der Waals surface area contributed by atoms with Crippen LogP contribution in [-0.4, -0.2) is 56.4 Å². The second-order valence-electron chi connectivity index (χ2n) is 6.97. The minimum atomic E-state index is -3.72. The number of hydrogen-bond acceptors (Lipinski definition) is 7. The maximum absolute atomic E-state index is 12.9. The van der Waals surface area contributed by atoms with Crippen LogP contribution in [0.3, 0.4) is 0 Å². The number of nitrogens with one attached hydrogen (secondary N) is 1. The third-order valence-corrected chi connectivity index (χ3v) is 6.96. The van der Waals surface area contributed by atoms with Crippen LogP contribution in [0.1, 0.15) is 30.1 Å². The summed E-state index contributed by atoms with van der Waals surface area (Å²) in [6.45, 7) is 2.40. The van der Waals surface area contributed by atoms with Gasteiger partial charge in [-0.25, -0.2) is 18.2 Å². The Morgan fingerprint density at radius 3 is 2.45 bits per heavy atom. The lowest BCUT2D eigenvalue weighted by molar-refractivity contribution is -0.120. The van der Waals surface area contributed by atoms with E-state index in [0.29, 0.717) is 30.0 Å². The number of hydrogen-bond donors (Lipinski definition) is 1. The molecular weight excluding hydrogens is 422 g/mol. The fourth-order valence-corrected chi connectivity index (χ4v) is 4.84. The number of benzene rings is 1. The lowest BCUT2D eigenvalue weighted by Gasteiger charge is -2.30. The van der Waals surface area contributed by atoms with Crippen LogP contribution in [-0.2, 0) is 19.6 Å². The number of amides is 1. The number of ether oxygens (including phenoxy) is 2. The number of esters is 1. The van der Waals surface area contributed by atoms with E-state index >= 15 is 0 Å². The molecule has 1 N–H and O–H groups in total. The second kappa shape index (κ2) is 9.88. The molecule has 3 rings (SSSR count). The van der Waals surface area contributed by atoms with E-state index in [9.17, 15) is 18.0 Å². The van der Waals surface area contributed by atoms with Gasteiger partial charge in [-0.15, -0.1) is 0 Å². The van der Waals surface area contributed by atoms with Crippen molar-refractivity contribution in [2.75, 3.05) is 32.1 Å². The van der Waals surface area contributed by atoms with Gasteiger partial charge in [0.2, 0.25) is 21.8 Å². The van der Waals surface area contributed by atoms with Crippen LogP contribution >= 0.6 is 0 Å². The molecule has 0 spiro atoms. The summed E-state index contributed by atoms with van der Waals surface area (Å²) in [7, 11) is -2.24. The predicted octanol–water partition coefficient (Wildman–Crippen LogP) is 2.31. The maximum Gasteiger partial charge on any atom is 0.338 e. The maximum atomic E-state index is 12.9. The molecule has 0 aliphatic carbocycles. The zero-order valence-corrected chi connectivity index (χ0v) is 18.2.